The highest BCUT2D eigenvalue weighted by molar-refractivity contribution is 6.31. The van der Waals surface area contributed by atoms with Crippen LogP contribution in [-0.2, 0) is 12.7 Å². The minimum atomic E-state index is -5.03. The number of anilines is 1. The third-order valence-electron chi connectivity index (χ3n) is 6.13. The van der Waals surface area contributed by atoms with Crippen LogP contribution >= 0.6 is 11.6 Å². The van der Waals surface area contributed by atoms with Gasteiger partial charge in [0.2, 0.25) is 0 Å². The van der Waals surface area contributed by atoms with Crippen LogP contribution in [0.3, 0.4) is 0 Å². The minimum Gasteiger partial charge on any atom is -0.407 e. The van der Waals surface area contributed by atoms with Crippen molar-refractivity contribution in [1.29, 1.82) is 0 Å². The van der Waals surface area contributed by atoms with Gasteiger partial charge in [-0.25, -0.2) is 13.6 Å². The van der Waals surface area contributed by atoms with E-state index in [4.69, 9.17) is 16.0 Å². The van der Waals surface area contributed by atoms with Gasteiger partial charge < -0.3 is 15.1 Å². The molecule has 0 radical (unpaired) electrons. The van der Waals surface area contributed by atoms with Gasteiger partial charge in [-0.1, -0.05) is 11.6 Å². The maximum atomic E-state index is 14.1. The maximum Gasteiger partial charge on any atom is 0.420 e. The van der Waals surface area contributed by atoms with Crippen molar-refractivity contribution in [3.05, 3.63) is 97.5 Å². The number of hydrogen-bond acceptors (Lipinski definition) is 4. The molecule has 0 aliphatic carbocycles. The van der Waals surface area contributed by atoms with Crippen LogP contribution in [0.2, 0.25) is 5.02 Å². The van der Waals surface area contributed by atoms with Crippen LogP contribution in [-0.4, -0.2) is 22.6 Å². The van der Waals surface area contributed by atoms with Gasteiger partial charge in [-0.2, -0.15) is 26.3 Å². The van der Waals surface area contributed by atoms with Gasteiger partial charge in [-0.05, 0) is 42.5 Å². The number of nitrogens with zero attached hydrogens (tertiary/aromatic N) is 1. The van der Waals surface area contributed by atoms with E-state index in [1.807, 2.05) is 0 Å². The Hall–Kier alpha value is -4.40. The van der Waals surface area contributed by atoms with Crippen molar-refractivity contribution in [2.45, 2.75) is 24.9 Å². The quantitative estimate of drug-likeness (QED) is 0.271. The average Bonchev–Trinajstić information content (AvgIpc) is 3.35. The van der Waals surface area contributed by atoms with Crippen LogP contribution in [0.25, 0.3) is 11.1 Å². The summed E-state index contributed by atoms with van der Waals surface area (Å²) in [5, 5.41) is 4.51. The summed E-state index contributed by atoms with van der Waals surface area (Å²) in [5.74, 6) is -6.09. The van der Waals surface area contributed by atoms with E-state index in [9.17, 15) is 49.5 Å². The van der Waals surface area contributed by atoms with Crippen molar-refractivity contribution in [3.8, 4) is 0 Å². The lowest BCUT2D eigenvalue weighted by Crippen LogP contribution is -2.25. The Labute approximate surface area is 227 Å². The molecule has 0 saturated carbocycles. The summed E-state index contributed by atoms with van der Waals surface area (Å²) in [6.07, 6.45) is -9.96. The highest BCUT2D eigenvalue weighted by Gasteiger charge is 2.40. The predicted octanol–water partition coefficient (Wildman–Crippen LogP) is 6.19. The highest BCUT2D eigenvalue weighted by atomic mass is 35.5. The van der Waals surface area contributed by atoms with Crippen molar-refractivity contribution in [1.82, 2.24) is 9.88 Å². The van der Waals surface area contributed by atoms with Gasteiger partial charge in [0.1, 0.15) is 18.2 Å². The zero-order valence-corrected chi connectivity index (χ0v) is 20.6. The molecule has 1 aliphatic heterocycles. The van der Waals surface area contributed by atoms with E-state index in [0.717, 1.165) is 24.3 Å². The molecule has 1 atom stereocenters. The van der Waals surface area contributed by atoms with Crippen LogP contribution in [0.5, 0.6) is 0 Å². The van der Waals surface area contributed by atoms with Crippen molar-refractivity contribution in [2.75, 3.05) is 5.32 Å². The maximum absolute atomic E-state index is 14.1. The van der Waals surface area contributed by atoms with E-state index < -0.39 is 87.6 Å². The fourth-order valence-electron chi connectivity index (χ4n) is 4.49. The number of halogens is 9. The molecule has 0 fully saturated rings. The molecule has 3 aromatic carbocycles. The van der Waals surface area contributed by atoms with Crippen LogP contribution in [0.1, 0.15) is 43.4 Å². The fraction of sp³-hybridized carbons (Fsp3) is 0.160. The summed E-state index contributed by atoms with van der Waals surface area (Å²) in [6, 6.07) is 3.47. The number of carbonyl (C=O) groups is 2. The molecule has 2 amide bonds. The molecule has 1 aliphatic rings. The number of oxazole rings is 1. The average molecular weight is 606 g/mol. The monoisotopic (exact) mass is 605 g/mol. The molecular weight excluding hydrogens is 594 g/mol. The summed E-state index contributed by atoms with van der Waals surface area (Å²) in [7, 11) is 0. The lowest BCUT2D eigenvalue weighted by Gasteiger charge is -2.18. The molecule has 0 saturated heterocycles. The van der Waals surface area contributed by atoms with Gasteiger partial charge in [-0.3, -0.25) is 14.2 Å². The van der Waals surface area contributed by atoms with Gasteiger partial charge in [0.15, 0.2) is 5.58 Å². The lowest BCUT2D eigenvalue weighted by atomic mass is 9.95. The van der Waals surface area contributed by atoms with Crippen LogP contribution in [0, 0.1) is 11.6 Å². The smallest absolute Gasteiger partial charge is 0.407 e. The second kappa shape index (κ2) is 9.61. The number of nitrogens with one attached hydrogen (secondary N) is 2. The highest BCUT2D eigenvalue weighted by Crippen LogP contribution is 2.43. The first-order chi connectivity index (χ1) is 19.0. The van der Waals surface area contributed by atoms with E-state index in [2.05, 4.69) is 10.6 Å². The molecule has 214 valence electrons. The van der Waals surface area contributed by atoms with Crippen molar-refractivity contribution < 1.29 is 49.1 Å². The molecule has 7 nitrogen and oxygen atoms in total. The number of amides is 2. The van der Waals surface area contributed by atoms with Crippen LogP contribution in [0.4, 0.5) is 40.8 Å². The predicted molar refractivity (Wildman–Crippen MR) is 127 cm³/mol. The molecule has 5 rings (SSSR count). The lowest BCUT2D eigenvalue weighted by molar-refractivity contribution is -0.141. The number of benzene rings is 3. The number of hydrogen-bond donors (Lipinski definition) is 2. The van der Waals surface area contributed by atoms with E-state index in [1.54, 1.807) is 0 Å². The first kappa shape index (κ1) is 28.1. The first-order valence-corrected chi connectivity index (χ1v) is 11.6. The standard InChI is InChI=1S/C25H12ClF8N3O4/c26-14-2-1-11(27)6-13(14)19-17-15(35-21(38)9-3-10(25(32,33)34)5-12(28)4-9)7-16-20(18(17)22(39)36-19)41-23(40)37(16)8-24(29,30)31/h1-7,19H,8H2,(H,35,38)(H,36,39)/t19-/m0/s1. The first-order valence-electron chi connectivity index (χ1n) is 11.3. The van der Waals surface area contributed by atoms with Crippen LogP contribution < -0.4 is 16.4 Å². The Morgan fingerprint density at radius 3 is 2.37 bits per heavy atom. The van der Waals surface area contributed by atoms with Crippen molar-refractivity contribution in [2.24, 2.45) is 0 Å². The summed E-state index contributed by atoms with van der Waals surface area (Å²) < 4.78 is 112. The van der Waals surface area contributed by atoms with E-state index in [-0.39, 0.29) is 26.8 Å². The second-order valence-corrected chi connectivity index (χ2v) is 9.29. The Morgan fingerprint density at radius 2 is 1.71 bits per heavy atom. The molecule has 1 aromatic heterocycles. The van der Waals surface area contributed by atoms with Crippen LogP contribution in [0.15, 0.2) is 51.7 Å². The van der Waals surface area contributed by atoms with Gasteiger partial charge in [0.05, 0.1) is 22.7 Å². The normalized spacial score (nSPS) is 15.2. The third kappa shape index (κ3) is 5.24. The van der Waals surface area contributed by atoms with Crippen molar-refractivity contribution >= 4 is 40.2 Å². The van der Waals surface area contributed by atoms with E-state index in [0.29, 0.717) is 12.1 Å². The number of alkyl halides is 6. The summed E-state index contributed by atoms with van der Waals surface area (Å²) in [4.78, 5) is 38.4. The second-order valence-electron chi connectivity index (χ2n) is 8.88. The number of rotatable bonds is 4. The van der Waals surface area contributed by atoms with Gasteiger partial charge >= 0.3 is 18.1 Å². The Kier molecular flexibility index (Phi) is 6.59. The molecule has 16 heteroatoms. The number of carbonyl (C=O) groups excluding carboxylic acids is 2. The summed E-state index contributed by atoms with van der Waals surface area (Å²) in [5.41, 5.74) is -4.85. The summed E-state index contributed by atoms with van der Waals surface area (Å²) >= 11 is 6.19. The Bertz CT molecular complexity index is 1810. The molecule has 2 N–H and O–H groups in total. The molecule has 0 spiro atoms. The van der Waals surface area contributed by atoms with E-state index in [1.165, 1.54) is 0 Å². The van der Waals surface area contributed by atoms with Gasteiger partial charge in [0.25, 0.3) is 11.8 Å². The largest absolute Gasteiger partial charge is 0.420 e. The van der Waals surface area contributed by atoms with Gasteiger partial charge in [-0.15, -0.1) is 0 Å². The Morgan fingerprint density at radius 1 is 1.00 bits per heavy atom. The molecule has 4 aromatic rings. The number of fused-ring (bicyclic) bond motifs is 3. The molecule has 0 unspecified atom stereocenters. The molecule has 0 bridgehead atoms. The topological polar surface area (TPSA) is 93.3 Å². The molecule has 41 heavy (non-hydrogen) atoms. The molecular formula is C25H12ClF8N3O4. The SMILES string of the molecule is O=C(Nc1cc2c(oc(=O)n2CC(F)(F)F)c2c1[C@H](c1cc(F)ccc1Cl)NC2=O)c1cc(F)cc(C(F)(F)F)c1. The zero-order chi connectivity index (χ0) is 30.0. The molecule has 2 heterocycles. The van der Waals surface area contributed by atoms with Gasteiger partial charge in [0, 0.05) is 27.4 Å². The summed E-state index contributed by atoms with van der Waals surface area (Å²) in [6.45, 7) is -1.86. The minimum absolute atomic E-state index is 0.0733. The van der Waals surface area contributed by atoms with E-state index >= 15 is 0 Å². The zero-order valence-electron chi connectivity index (χ0n) is 19.8. The number of aromatic nitrogens is 1. The third-order valence-corrected chi connectivity index (χ3v) is 6.48. The fourth-order valence-corrected chi connectivity index (χ4v) is 4.72. The Balaban J connectivity index is 1.74. The van der Waals surface area contributed by atoms with Crippen molar-refractivity contribution in [3.63, 3.8) is 0 Å².